The van der Waals surface area contributed by atoms with Gasteiger partial charge in [0.25, 0.3) is 0 Å². The highest BCUT2D eigenvalue weighted by atomic mass is 35.5. The molecule has 1 aromatic heterocycles. The van der Waals surface area contributed by atoms with Crippen LogP contribution in [-0.4, -0.2) is 34.8 Å². The number of aromatic nitrogens is 2. The summed E-state index contributed by atoms with van der Waals surface area (Å²) in [7, 11) is 0. The molecule has 106 valence electrons. The van der Waals surface area contributed by atoms with E-state index in [1.807, 2.05) is 13.8 Å². The van der Waals surface area contributed by atoms with Crippen molar-refractivity contribution in [2.75, 3.05) is 24.6 Å². The van der Waals surface area contributed by atoms with E-state index in [-0.39, 0.29) is 6.61 Å². The molecule has 1 aromatic rings. The molecule has 0 saturated carbocycles. The number of hydrogen-bond acceptors (Lipinski definition) is 4. The number of anilines is 1. The van der Waals surface area contributed by atoms with Gasteiger partial charge in [-0.25, -0.2) is 9.97 Å². The Balaban J connectivity index is 2.22. The molecule has 2 heterocycles. The smallest absolute Gasteiger partial charge is 0.137 e. The lowest BCUT2D eigenvalue weighted by atomic mass is 9.95. The van der Waals surface area contributed by atoms with Crippen LogP contribution in [0.15, 0.2) is 0 Å². The zero-order valence-corrected chi connectivity index (χ0v) is 12.4. The first-order valence-corrected chi connectivity index (χ1v) is 7.42. The lowest BCUT2D eigenvalue weighted by molar-refractivity contribution is 0.244. The first-order valence-electron chi connectivity index (χ1n) is 7.04. The van der Waals surface area contributed by atoms with Crippen molar-refractivity contribution in [3.05, 3.63) is 16.5 Å². The largest absolute Gasteiger partial charge is 0.396 e. The van der Waals surface area contributed by atoms with Crippen LogP contribution in [-0.2, 0) is 6.42 Å². The minimum Gasteiger partial charge on any atom is -0.396 e. The van der Waals surface area contributed by atoms with Crippen LogP contribution < -0.4 is 4.90 Å². The monoisotopic (exact) mass is 283 g/mol. The molecule has 2 rings (SSSR count). The van der Waals surface area contributed by atoms with Gasteiger partial charge in [0.2, 0.25) is 0 Å². The van der Waals surface area contributed by atoms with Crippen LogP contribution in [0.1, 0.15) is 37.6 Å². The second kappa shape index (κ2) is 6.53. The summed E-state index contributed by atoms with van der Waals surface area (Å²) in [6.07, 6.45) is 4.00. The summed E-state index contributed by atoms with van der Waals surface area (Å²) in [6.45, 7) is 6.25. The predicted octanol–water partition coefficient (Wildman–Crippen LogP) is 2.60. The Morgan fingerprint density at radius 3 is 2.89 bits per heavy atom. The molecule has 1 atom stereocenters. The Kier molecular flexibility index (Phi) is 4.99. The van der Waals surface area contributed by atoms with E-state index >= 15 is 0 Å². The van der Waals surface area contributed by atoms with E-state index in [0.29, 0.717) is 11.1 Å². The third-order valence-corrected chi connectivity index (χ3v) is 4.15. The Hall–Kier alpha value is -0.870. The van der Waals surface area contributed by atoms with Crippen molar-refractivity contribution < 1.29 is 5.11 Å². The van der Waals surface area contributed by atoms with Gasteiger partial charge in [0.1, 0.15) is 16.8 Å². The quantitative estimate of drug-likeness (QED) is 0.863. The molecule has 1 N–H and O–H groups in total. The summed E-state index contributed by atoms with van der Waals surface area (Å²) in [5.74, 6) is 2.33. The lowest BCUT2D eigenvalue weighted by Crippen LogP contribution is -2.37. The molecule has 1 unspecified atom stereocenters. The van der Waals surface area contributed by atoms with Crippen molar-refractivity contribution in [3.8, 4) is 0 Å². The minimum atomic E-state index is 0.266. The summed E-state index contributed by atoms with van der Waals surface area (Å²) in [6, 6.07) is 0. The van der Waals surface area contributed by atoms with Gasteiger partial charge in [0, 0.05) is 31.7 Å². The molecule has 0 aliphatic carbocycles. The predicted molar refractivity (Wildman–Crippen MR) is 77.8 cm³/mol. The van der Waals surface area contributed by atoms with E-state index < -0.39 is 0 Å². The molecule has 0 amide bonds. The zero-order valence-electron chi connectivity index (χ0n) is 11.7. The van der Waals surface area contributed by atoms with Crippen molar-refractivity contribution in [2.24, 2.45) is 5.92 Å². The SMILES string of the molecule is CCc1nc(Cl)c(C)c(N2CCCC(CCO)C2)n1. The normalized spacial score (nSPS) is 19.8. The van der Waals surface area contributed by atoms with Gasteiger partial charge in [-0.05, 0) is 32.1 Å². The van der Waals surface area contributed by atoms with Gasteiger partial charge < -0.3 is 10.0 Å². The third-order valence-electron chi connectivity index (χ3n) is 3.78. The van der Waals surface area contributed by atoms with E-state index in [4.69, 9.17) is 16.7 Å². The number of piperidine rings is 1. The van der Waals surface area contributed by atoms with E-state index in [0.717, 1.165) is 49.6 Å². The number of nitrogens with zero attached hydrogens (tertiary/aromatic N) is 3. The second-order valence-electron chi connectivity index (χ2n) is 5.20. The highest BCUT2D eigenvalue weighted by Gasteiger charge is 2.23. The van der Waals surface area contributed by atoms with Crippen molar-refractivity contribution >= 4 is 17.4 Å². The Morgan fingerprint density at radius 2 is 2.21 bits per heavy atom. The molecule has 0 aromatic carbocycles. The molecular weight excluding hydrogens is 262 g/mol. The van der Waals surface area contributed by atoms with Crippen molar-refractivity contribution in [1.29, 1.82) is 0 Å². The number of rotatable bonds is 4. The average molecular weight is 284 g/mol. The van der Waals surface area contributed by atoms with Gasteiger partial charge >= 0.3 is 0 Å². The Labute approximate surface area is 119 Å². The number of aliphatic hydroxyl groups excluding tert-OH is 1. The van der Waals surface area contributed by atoms with Gasteiger partial charge in [-0.15, -0.1) is 0 Å². The fraction of sp³-hybridized carbons (Fsp3) is 0.714. The number of halogens is 1. The molecule has 1 fully saturated rings. The number of hydrogen-bond donors (Lipinski definition) is 1. The number of aryl methyl sites for hydroxylation is 1. The highest BCUT2D eigenvalue weighted by Crippen LogP contribution is 2.28. The first-order chi connectivity index (χ1) is 9.15. The lowest BCUT2D eigenvalue weighted by Gasteiger charge is -2.34. The fourth-order valence-corrected chi connectivity index (χ4v) is 2.84. The van der Waals surface area contributed by atoms with Crippen LogP contribution >= 0.6 is 11.6 Å². The van der Waals surface area contributed by atoms with E-state index in [2.05, 4.69) is 14.9 Å². The van der Waals surface area contributed by atoms with Crippen molar-refractivity contribution in [2.45, 2.75) is 39.5 Å². The maximum absolute atomic E-state index is 9.09. The van der Waals surface area contributed by atoms with Crippen LogP contribution in [0.25, 0.3) is 0 Å². The van der Waals surface area contributed by atoms with Crippen molar-refractivity contribution in [1.82, 2.24) is 9.97 Å². The molecule has 19 heavy (non-hydrogen) atoms. The molecule has 1 aliphatic heterocycles. The van der Waals surface area contributed by atoms with Crippen LogP contribution in [0.2, 0.25) is 5.15 Å². The molecule has 4 nitrogen and oxygen atoms in total. The first kappa shape index (κ1) is 14.5. The fourth-order valence-electron chi connectivity index (χ4n) is 2.66. The summed E-state index contributed by atoms with van der Waals surface area (Å²) < 4.78 is 0. The van der Waals surface area contributed by atoms with Gasteiger partial charge in [0.15, 0.2) is 0 Å². The topological polar surface area (TPSA) is 49.2 Å². The van der Waals surface area contributed by atoms with E-state index in [1.54, 1.807) is 0 Å². The highest BCUT2D eigenvalue weighted by molar-refractivity contribution is 6.30. The average Bonchev–Trinajstić information content (AvgIpc) is 2.42. The van der Waals surface area contributed by atoms with Crippen LogP contribution in [0, 0.1) is 12.8 Å². The molecule has 0 radical (unpaired) electrons. The number of aliphatic hydroxyl groups is 1. The Bertz CT molecular complexity index is 437. The van der Waals surface area contributed by atoms with Crippen LogP contribution in [0.4, 0.5) is 5.82 Å². The summed E-state index contributed by atoms with van der Waals surface area (Å²) >= 11 is 6.20. The Morgan fingerprint density at radius 1 is 1.42 bits per heavy atom. The zero-order chi connectivity index (χ0) is 13.8. The molecule has 1 aliphatic rings. The van der Waals surface area contributed by atoms with Gasteiger partial charge in [-0.2, -0.15) is 0 Å². The molecule has 1 saturated heterocycles. The summed E-state index contributed by atoms with van der Waals surface area (Å²) in [4.78, 5) is 11.2. The third kappa shape index (κ3) is 3.37. The maximum atomic E-state index is 9.09. The summed E-state index contributed by atoms with van der Waals surface area (Å²) in [5, 5.41) is 9.65. The summed E-state index contributed by atoms with van der Waals surface area (Å²) in [5.41, 5.74) is 0.962. The molecular formula is C14H22ClN3O. The minimum absolute atomic E-state index is 0.266. The van der Waals surface area contributed by atoms with E-state index in [9.17, 15) is 0 Å². The van der Waals surface area contributed by atoms with Gasteiger partial charge in [-0.1, -0.05) is 18.5 Å². The standard InChI is InChI=1S/C14H22ClN3O/c1-3-12-16-13(15)10(2)14(17-12)18-7-4-5-11(9-18)6-8-19/h11,19H,3-9H2,1-2H3. The van der Waals surface area contributed by atoms with Crippen LogP contribution in [0.5, 0.6) is 0 Å². The molecule has 0 bridgehead atoms. The van der Waals surface area contributed by atoms with Gasteiger partial charge in [0.05, 0.1) is 0 Å². The van der Waals surface area contributed by atoms with Crippen LogP contribution in [0.3, 0.4) is 0 Å². The van der Waals surface area contributed by atoms with Gasteiger partial charge in [-0.3, -0.25) is 0 Å². The van der Waals surface area contributed by atoms with E-state index in [1.165, 1.54) is 6.42 Å². The molecule has 0 spiro atoms. The van der Waals surface area contributed by atoms with Crippen molar-refractivity contribution in [3.63, 3.8) is 0 Å². The molecule has 5 heteroatoms. The second-order valence-corrected chi connectivity index (χ2v) is 5.56. The maximum Gasteiger partial charge on any atom is 0.137 e.